The zero-order chi connectivity index (χ0) is 24.1. The van der Waals surface area contributed by atoms with Gasteiger partial charge in [0.15, 0.2) is 0 Å². The minimum absolute atomic E-state index is 0.121. The lowest BCUT2D eigenvalue weighted by Crippen LogP contribution is -2.39. The number of aryl methyl sites for hydroxylation is 1. The van der Waals surface area contributed by atoms with Crippen molar-refractivity contribution >= 4 is 23.5 Å². The van der Waals surface area contributed by atoms with E-state index in [-0.39, 0.29) is 42.0 Å². The predicted molar refractivity (Wildman–Crippen MR) is 133 cm³/mol. The van der Waals surface area contributed by atoms with E-state index in [0.717, 1.165) is 39.3 Å². The summed E-state index contributed by atoms with van der Waals surface area (Å²) in [6.45, 7) is 1.75. The first kappa shape index (κ1) is 21.5. The molecule has 174 valence electrons. The lowest BCUT2D eigenvalue weighted by Gasteiger charge is -2.17. The number of nitrogens with one attached hydrogen (secondary N) is 1. The smallest absolute Gasteiger partial charge is 0.245 e. The van der Waals surface area contributed by atoms with Gasteiger partial charge in [0.1, 0.15) is 12.4 Å². The largest absolute Gasteiger partial charge is 0.309 e. The van der Waals surface area contributed by atoms with E-state index in [0.29, 0.717) is 5.82 Å². The molecule has 6 rings (SSSR count). The lowest BCUT2D eigenvalue weighted by atomic mass is 9.85. The van der Waals surface area contributed by atoms with Gasteiger partial charge in [0.05, 0.1) is 17.5 Å². The topological polar surface area (TPSA) is 79.4 Å². The standard InChI is InChI=1S/C29H25N3O3/c1-17-7-9-18(10-8-17)22-14-23(19-5-3-2-4-6-19)30-24(15-22)31-25(33)16-32-28(34)26-20-11-12-21(13-20)27(26)29(32)35/h2-12,14-15,20-21,26-27H,13,16H2,1H3,(H,30,31,33). The maximum Gasteiger partial charge on any atom is 0.245 e. The van der Waals surface area contributed by atoms with E-state index < -0.39 is 5.91 Å². The number of benzene rings is 2. The van der Waals surface area contributed by atoms with E-state index in [9.17, 15) is 14.4 Å². The van der Waals surface area contributed by atoms with E-state index in [1.54, 1.807) is 0 Å². The van der Waals surface area contributed by atoms with Crippen LogP contribution in [-0.4, -0.2) is 34.2 Å². The first-order valence-corrected chi connectivity index (χ1v) is 12.0. The zero-order valence-electron chi connectivity index (χ0n) is 19.3. The van der Waals surface area contributed by atoms with Gasteiger partial charge in [0.25, 0.3) is 0 Å². The fourth-order valence-electron chi connectivity index (χ4n) is 5.71. The Hall–Kier alpha value is -4.06. The Morgan fingerprint density at radius 1 is 0.886 bits per heavy atom. The maximum atomic E-state index is 13.0. The van der Waals surface area contributed by atoms with Crippen molar-refractivity contribution in [3.05, 3.63) is 84.4 Å². The minimum atomic E-state index is -0.431. The second-order valence-corrected chi connectivity index (χ2v) is 9.67. The highest BCUT2D eigenvalue weighted by atomic mass is 16.2. The average molecular weight is 464 g/mol. The summed E-state index contributed by atoms with van der Waals surface area (Å²) < 4.78 is 0. The third-order valence-electron chi connectivity index (χ3n) is 7.41. The molecule has 2 fully saturated rings. The van der Waals surface area contributed by atoms with Gasteiger partial charge in [-0.25, -0.2) is 4.98 Å². The number of carbonyl (C=O) groups excluding carboxylic acids is 3. The Balaban J connectivity index is 1.26. The molecule has 3 aliphatic rings. The summed E-state index contributed by atoms with van der Waals surface area (Å²) in [7, 11) is 0. The molecule has 3 amide bonds. The number of hydrogen-bond acceptors (Lipinski definition) is 4. The quantitative estimate of drug-likeness (QED) is 0.447. The number of anilines is 1. The van der Waals surface area contributed by atoms with Crippen molar-refractivity contribution in [1.29, 1.82) is 0 Å². The number of allylic oxidation sites excluding steroid dienone is 2. The van der Waals surface area contributed by atoms with E-state index in [1.807, 2.05) is 85.8 Å². The molecule has 6 heteroatoms. The molecule has 0 radical (unpaired) electrons. The van der Waals surface area contributed by atoms with E-state index in [4.69, 9.17) is 0 Å². The van der Waals surface area contributed by atoms with Gasteiger partial charge in [-0.1, -0.05) is 72.3 Å². The van der Waals surface area contributed by atoms with Crippen molar-refractivity contribution < 1.29 is 14.4 Å². The van der Waals surface area contributed by atoms with Gasteiger partial charge in [-0.3, -0.25) is 19.3 Å². The minimum Gasteiger partial charge on any atom is -0.309 e. The number of nitrogens with zero attached hydrogens (tertiary/aromatic N) is 2. The molecule has 2 bridgehead atoms. The number of pyridine rings is 1. The van der Waals surface area contributed by atoms with Gasteiger partial charge >= 0.3 is 0 Å². The molecule has 4 atom stereocenters. The Labute approximate surface area is 203 Å². The number of aromatic nitrogens is 1. The highest BCUT2D eigenvalue weighted by Crippen LogP contribution is 2.52. The van der Waals surface area contributed by atoms with Crippen LogP contribution < -0.4 is 5.32 Å². The van der Waals surface area contributed by atoms with E-state index >= 15 is 0 Å². The summed E-state index contributed by atoms with van der Waals surface area (Å²) >= 11 is 0. The van der Waals surface area contributed by atoms with Crippen LogP contribution >= 0.6 is 0 Å². The monoisotopic (exact) mass is 463 g/mol. The predicted octanol–water partition coefficient (Wildman–Crippen LogP) is 4.47. The van der Waals surface area contributed by atoms with Crippen molar-refractivity contribution in [1.82, 2.24) is 9.88 Å². The number of carbonyl (C=O) groups is 3. The molecule has 0 spiro atoms. The number of amides is 3. The molecule has 2 heterocycles. The summed E-state index contributed by atoms with van der Waals surface area (Å²) in [5.74, 6) is -0.869. The van der Waals surface area contributed by atoms with Gasteiger partial charge in [-0.05, 0) is 48.4 Å². The number of fused-ring (bicyclic) bond motifs is 5. The molecule has 35 heavy (non-hydrogen) atoms. The van der Waals surface area contributed by atoms with Crippen LogP contribution in [0.3, 0.4) is 0 Å². The van der Waals surface area contributed by atoms with Crippen LogP contribution in [-0.2, 0) is 14.4 Å². The first-order valence-electron chi connectivity index (χ1n) is 12.0. The Bertz CT molecular complexity index is 1330. The van der Waals surface area contributed by atoms with Gasteiger partial charge in [0, 0.05) is 5.56 Å². The Morgan fingerprint density at radius 3 is 2.20 bits per heavy atom. The number of rotatable bonds is 5. The number of imide groups is 1. The highest BCUT2D eigenvalue weighted by molar-refractivity contribution is 6.09. The molecular weight excluding hydrogens is 438 g/mol. The molecule has 2 aromatic carbocycles. The van der Waals surface area contributed by atoms with E-state index in [2.05, 4.69) is 10.3 Å². The highest BCUT2D eigenvalue weighted by Gasteiger charge is 2.59. The summed E-state index contributed by atoms with van der Waals surface area (Å²) in [6.07, 6.45) is 4.96. The SMILES string of the molecule is Cc1ccc(-c2cc(NC(=O)CN3C(=O)C4C5C=CC(C5)C4C3=O)nc(-c3ccccc3)c2)cc1. The molecular formula is C29H25N3O3. The number of hydrogen-bond donors (Lipinski definition) is 1. The maximum absolute atomic E-state index is 13.0. The average Bonchev–Trinajstić information content (AvgIpc) is 3.55. The van der Waals surface area contributed by atoms with Crippen LogP contribution in [0.1, 0.15) is 12.0 Å². The molecule has 1 saturated heterocycles. The fraction of sp³-hybridized carbons (Fsp3) is 0.241. The zero-order valence-corrected chi connectivity index (χ0v) is 19.3. The van der Waals surface area contributed by atoms with Crippen LogP contribution in [0.2, 0.25) is 0 Å². The van der Waals surface area contributed by atoms with Crippen LogP contribution in [0.5, 0.6) is 0 Å². The molecule has 1 saturated carbocycles. The van der Waals surface area contributed by atoms with Crippen LogP contribution in [0.25, 0.3) is 22.4 Å². The Kier molecular flexibility index (Phi) is 5.10. The second kappa shape index (κ2) is 8.31. The molecule has 6 nitrogen and oxygen atoms in total. The summed E-state index contributed by atoms with van der Waals surface area (Å²) in [5.41, 5.74) is 4.74. The second-order valence-electron chi connectivity index (χ2n) is 9.67. The van der Waals surface area contributed by atoms with Crippen molar-refractivity contribution in [3.8, 4) is 22.4 Å². The molecule has 1 aromatic heterocycles. The van der Waals surface area contributed by atoms with Gasteiger partial charge in [0.2, 0.25) is 17.7 Å². The molecule has 4 unspecified atom stereocenters. The molecule has 3 aromatic rings. The van der Waals surface area contributed by atoms with Crippen LogP contribution in [0.4, 0.5) is 5.82 Å². The first-order chi connectivity index (χ1) is 17.0. The van der Waals surface area contributed by atoms with Crippen molar-refractivity contribution in [3.63, 3.8) is 0 Å². The van der Waals surface area contributed by atoms with Gasteiger partial charge < -0.3 is 5.32 Å². The number of likely N-dealkylation sites (tertiary alicyclic amines) is 1. The van der Waals surface area contributed by atoms with Gasteiger partial charge in [-0.2, -0.15) is 0 Å². The van der Waals surface area contributed by atoms with Crippen molar-refractivity contribution in [2.75, 3.05) is 11.9 Å². The fourth-order valence-corrected chi connectivity index (χ4v) is 5.71. The third-order valence-corrected chi connectivity index (χ3v) is 7.41. The van der Waals surface area contributed by atoms with Crippen molar-refractivity contribution in [2.24, 2.45) is 23.7 Å². The summed E-state index contributed by atoms with van der Waals surface area (Å²) in [5, 5.41) is 2.83. The lowest BCUT2D eigenvalue weighted by molar-refractivity contribution is -0.143. The molecule has 1 N–H and O–H groups in total. The molecule has 1 aliphatic heterocycles. The normalized spacial score (nSPS) is 24.2. The van der Waals surface area contributed by atoms with Crippen LogP contribution in [0, 0.1) is 30.6 Å². The summed E-state index contributed by atoms with van der Waals surface area (Å²) in [6, 6.07) is 21.7. The van der Waals surface area contributed by atoms with Crippen LogP contribution in [0.15, 0.2) is 78.9 Å². The van der Waals surface area contributed by atoms with Crippen molar-refractivity contribution in [2.45, 2.75) is 13.3 Å². The molecule has 2 aliphatic carbocycles. The van der Waals surface area contributed by atoms with Gasteiger partial charge in [-0.15, -0.1) is 0 Å². The van der Waals surface area contributed by atoms with E-state index in [1.165, 1.54) is 0 Å². The Morgan fingerprint density at radius 2 is 1.54 bits per heavy atom. The third kappa shape index (κ3) is 3.75. The summed E-state index contributed by atoms with van der Waals surface area (Å²) in [4.78, 5) is 44.7.